The number of hydrogen-bond acceptors (Lipinski definition) is 4. The molecule has 0 spiro atoms. The number of nitrogens with zero attached hydrogens (tertiary/aromatic N) is 2. The minimum atomic E-state index is -0.212. The van der Waals surface area contributed by atoms with Gasteiger partial charge >= 0.3 is 6.09 Å². The highest BCUT2D eigenvalue weighted by atomic mass is 16.6. The lowest BCUT2D eigenvalue weighted by atomic mass is 10.1. The molecule has 0 N–H and O–H groups in total. The Bertz CT molecular complexity index is 340. The summed E-state index contributed by atoms with van der Waals surface area (Å²) in [5, 5.41) is 0. The van der Waals surface area contributed by atoms with E-state index >= 15 is 0 Å². The minimum absolute atomic E-state index is 0.212. The number of rotatable bonds is 4. The third kappa shape index (κ3) is 4.12. The molecule has 0 aromatic carbocycles. The number of carbonyl (C=O) groups excluding carboxylic acids is 1. The quantitative estimate of drug-likeness (QED) is 0.561. The Morgan fingerprint density at radius 1 is 1.26 bits per heavy atom. The topological polar surface area (TPSA) is 42.0 Å². The van der Waals surface area contributed by atoms with Gasteiger partial charge < -0.3 is 14.4 Å². The lowest BCUT2D eigenvalue weighted by molar-refractivity contribution is 0.0339. The Balaban J connectivity index is 1.74. The first kappa shape index (κ1) is 14.2. The molecule has 0 aromatic heterocycles. The number of carbonyl (C=O) groups is 1. The Morgan fingerprint density at radius 3 is 3.00 bits per heavy atom. The van der Waals surface area contributed by atoms with Crippen LogP contribution in [0.2, 0.25) is 0 Å². The van der Waals surface area contributed by atoms with Crippen LogP contribution in [0.5, 0.6) is 0 Å². The summed E-state index contributed by atoms with van der Waals surface area (Å²) in [6, 6.07) is 0.315. The second-order valence-corrected chi connectivity index (χ2v) is 5.01. The maximum absolute atomic E-state index is 12.0. The molecule has 2 heterocycles. The standard InChI is InChI=1S/C14H22N2O3/c1-2-9-18-10-11-19-14(17)16-8-7-15-6-4-3-5-13(16)12-15/h1,13H,3-12H2. The molecule has 2 aliphatic rings. The third-order valence-electron chi connectivity index (χ3n) is 3.70. The summed E-state index contributed by atoms with van der Waals surface area (Å²) in [6.07, 6.45) is 8.36. The predicted octanol–water partition coefficient (Wildman–Crippen LogP) is 0.943. The van der Waals surface area contributed by atoms with Gasteiger partial charge in [0, 0.05) is 25.7 Å². The van der Waals surface area contributed by atoms with Gasteiger partial charge in [-0.2, -0.15) is 0 Å². The highest BCUT2D eigenvalue weighted by Crippen LogP contribution is 2.20. The van der Waals surface area contributed by atoms with E-state index in [2.05, 4.69) is 10.8 Å². The normalized spacial score (nSPS) is 26.4. The van der Waals surface area contributed by atoms with E-state index in [4.69, 9.17) is 15.9 Å². The van der Waals surface area contributed by atoms with Crippen LogP contribution in [0.25, 0.3) is 0 Å². The van der Waals surface area contributed by atoms with Gasteiger partial charge in [-0.3, -0.25) is 4.90 Å². The predicted molar refractivity (Wildman–Crippen MR) is 71.8 cm³/mol. The molecule has 2 atom stereocenters. The van der Waals surface area contributed by atoms with Crippen LogP contribution >= 0.6 is 0 Å². The fraction of sp³-hybridized carbons (Fsp3) is 0.786. The van der Waals surface area contributed by atoms with Crippen LogP contribution in [0.1, 0.15) is 19.3 Å². The zero-order chi connectivity index (χ0) is 13.5. The van der Waals surface area contributed by atoms with Crippen molar-refractivity contribution in [2.75, 3.05) is 46.0 Å². The number of ether oxygens (including phenoxy) is 2. The van der Waals surface area contributed by atoms with E-state index in [0.717, 1.165) is 26.1 Å². The van der Waals surface area contributed by atoms with Gasteiger partial charge in [0.2, 0.25) is 0 Å². The fourth-order valence-electron chi connectivity index (χ4n) is 2.73. The summed E-state index contributed by atoms with van der Waals surface area (Å²) < 4.78 is 10.3. The van der Waals surface area contributed by atoms with Crippen molar-refractivity contribution in [1.29, 1.82) is 0 Å². The molecule has 2 fully saturated rings. The zero-order valence-corrected chi connectivity index (χ0v) is 11.3. The van der Waals surface area contributed by atoms with Gasteiger partial charge in [-0.05, 0) is 19.4 Å². The van der Waals surface area contributed by atoms with Crippen LogP contribution < -0.4 is 0 Å². The number of piperazine rings is 1. The van der Waals surface area contributed by atoms with Crippen molar-refractivity contribution >= 4 is 6.09 Å². The highest BCUT2D eigenvalue weighted by molar-refractivity contribution is 5.68. The van der Waals surface area contributed by atoms with E-state index < -0.39 is 0 Å². The second kappa shape index (κ2) is 7.37. The number of terminal acetylenes is 1. The van der Waals surface area contributed by atoms with Crippen molar-refractivity contribution in [3.63, 3.8) is 0 Å². The van der Waals surface area contributed by atoms with E-state index in [0.29, 0.717) is 12.6 Å². The van der Waals surface area contributed by atoms with Gasteiger partial charge in [0.15, 0.2) is 0 Å². The van der Waals surface area contributed by atoms with Crippen molar-refractivity contribution in [3.8, 4) is 12.3 Å². The summed E-state index contributed by atoms with van der Waals surface area (Å²) in [7, 11) is 0. The van der Waals surface area contributed by atoms with E-state index in [1.54, 1.807) is 0 Å². The molecule has 106 valence electrons. The second-order valence-electron chi connectivity index (χ2n) is 5.01. The maximum atomic E-state index is 12.0. The van der Waals surface area contributed by atoms with Gasteiger partial charge in [0.05, 0.1) is 6.61 Å². The molecule has 2 rings (SSSR count). The Labute approximate surface area is 114 Å². The number of hydrogen-bond donors (Lipinski definition) is 0. The number of fused-ring (bicyclic) bond motifs is 2. The summed E-state index contributed by atoms with van der Waals surface area (Å²) in [5.41, 5.74) is 0. The third-order valence-corrected chi connectivity index (χ3v) is 3.70. The molecule has 19 heavy (non-hydrogen) atoms. The summed E-state index contributed by atoms with van der Waals surface area (Å²) in [4.78, 5) is 16.4. The van der Waals surface area contributed by atoms with Gasteiger partial charge in [0.25, 0.3) is 0 Å². The molecule has 2 aliphatic heterocycles. The highest BCUT2D eigenvalue weighted by Gasteiger charge is 2.32. The van der Waals surface area contributed by atoms with E-state index in [-0.39, 0.29) is 19.3 Å². The first-order valence-corrected chi connectivity index (χ1v) is 6.98. The summed E-state index contributed by atoms with van der Waals surface area (Å²) in [6.45, 7) is 4.78. The van der Waals surface area contributed by atoms with Crippen molar-refractivity contribution in [2.45, 2.75) is 25.3 Å². The summed E-state index contributed by atoms with van der Waals surface area (Å²) in [5.74, 6) is 2.38. The largest absolute Gasteiger partial charge is 0.447 e. The molecule has 0 radical (unpaired) electrons. The van der Waals surface area contributed by atoms with Gasteiger partial charge in [-0.1, -0.05) is 12.3 Å². The molecule has 1 amide bonds. The molecule has 2 saturated heterocycles. The van der Waals surface area contributed by atoms with Gasteiger partial charge in [0.1, 0.15) is 13.2 Å². The summed E-state index contributed by atoms with van der Waals surface area (Å²) >= 11 is 0. The van der Waals surface area contributed by atoms with Crippen molar-refractivity contribution in [1.82, 2.24) is 9.80 Å². The maximum Gasteiger partial charge on any atom is 0.410 e. The molecular formula is C14H22N2O3. The molecule has 5 heteroatoms. The molecule has 2 unspecified atom stereocenters. The Kier molecular flexibility index (Phi) is 5.49. The first-order chi connectivity index (χ1) is 9.31. The van der Waals surface area contributed by atoms with Crippen LogP contribution in [0.3, 0.4) is 0 Å². The monoisotopic (exact) mass is 266 g/mol. The Morgan fingerprint density at radius 2 is 2.16 bits per heavy atom. The van der Waals surface area contributed by atoms with Crippen LogP contribution in [-0.4, -0.2) is 67.9 Å². The van der Waals surface area contributed by atoms with Crippen LogP contribution in [0, 0.1) is 12.3 Å². The first-order valence-electron chi connectivity index (χ1n) is 6.98. The lowest BCUT2D eigenvalue weighted by Crippen LogP contribution is -2.54. The zero-order valence-electron chi connectivity index (χ0n) is 11.3. The van der Waals surface area contributed by atoms with E-state index in [1.165, 1.54) is 19.4 Å². The van der Waals surface area contributed by atoms with Gasteiger partial charge in [-0.15, -0.1) is 6.42 Å². The van der Waals surface area contributed by atoms with Crippen molar-refractivity contribution < 1.29 is 14.3 Å². The smallest absolute Gasteiger partial charge is 0.410 e. The van der Waals surface area contributed by atoms with Crippen molar-refractivity contribution in [3.05, 3.63) is 0 Å². The molecule has 5 nitrogen and oxygen atoms in total. The molecule has 0 aromatic rings. The van der Waals surface area contributed by atoms with Crippen LogP contribution in [-0.2, 0) is 9.47 Å². The van der Waals surface area contributed by atoms with Crippen LogP contribution in [0.4, 0.5) is 4.79 Å². The Hall–Kier alpha value is -1.25. The van der Waals surface area contributed by atoms with Crippen molar-refractivity contribution in [2.24, 2.45) is 0 Å². The number of amides is 1. The molecular weight excluding hydrogens is 244 g/mol. The van der Waals surface area contributed by atoms with Crippen LogP contribution in [0.15, 0.2) is 0 Å². The molecule has 2 bridgehead atoms. The SMILES string of the molecule is C#CCOCCOC(=O)N1CCN2CCCCC1C2. The average molecular weight is 266 g/mol. The molecule has 0 aliphatic carbocycles. The fourth-order valence-corrected chi connectivity index (χ4v) is 2.73. The van der Waals surface area contributed by atoms with Gasteiger partial charge in [-0.25, -0.2) is 4.79 Å². The van der Waals surface area contributed by atoms with E-state index in [1.807, 2.05) is 4.90 Å². The minimum Gasteiger partial charge on any atom is -0.447 e. The molecule has 0 saturated carbocycles. The lowest BCUT2D eigenvalue weighted by Gasteiger charge is -2.39. The van der Waals surface area contributed by atoms with E-state index in [9.17, 15) is 4.79 Å². The average Bonchev–Trinajstić information content (AvgIpc) is 2.60.